The number of nitrogens with one attached hydrogen (secondary N) is 4. The highest BCUT2D eigenvalue weighted by molar-refractivity contribution is 7.80. The van der Waals surface area contributed by atoms with Crippen LogP contribution in [0.15, 0.2) is 10.2 Å². The molecule has 8 heteroatoms. The number of rotatable bonds is 7. The molecule has 0 aromatic carbocycles. The summed E-state index contributed by atoms with van der Waals surface area (Å²) >= 11 is 9.98. The molecule has 0 saturated carbocycles. The molecule has 0 radical (unpaired) electrons. The van der Waals surface area contributed by atoms with E-state index in [1.165, 1.54) is 0 Å². The average molecular weight is 316 g/mol. The monoisotopic (exact) mass is 316 g/mol. The van der Waals surface area contributed by atoms with E-state index in [2.05, 4.69) is 38.6 Å². The molecule has 0 rings (SSSR count). The van der Waals surface area contributed by atoms with Crippen molar-refractivity contribution in [2.45, 2.75) is 39.5 Å². The summed E-state index contributed by atoms with van der Waals surface area (Å²) in [6.45, 7) is 4.05. The lowest BCUT2D eigenvalue weighted by Crippen LogP contribution is -2.32. The van der Waals surface area contributed by atoms with E-state index >= 15 is 0 Å². The van der Waals surface area contributed by atoms with Crippen molar-refractivity contribution in [1.29, 1.82) is 0 Å². The second kappa shape index (κ2) is 11.5. The Hall–Kier alpha value is -1.28. The number of hydrogen-bond acceptors (Lipinski definition) is 4. The van der Waals surface area contributed by atoms with Gasteiger partial charge in [-0.25, -0.2) is 0 Å². The fourth-order valence-corrected chi connectivity index (χ4v) is 1.38. The van der Waals surface area contributed by atoms with E-state index < -0.39 is 0 Å². The highest BCUT2D eigenvalue weighted by Crippen LogP contribution is 2.02. The highest BCUT2D eigenvalue weighted by Gasteiger charge is 2.05. The number of unbranched alkanes of at least 4 members (excludes halogenated alkanes) is 2. The molecule has 114 valence electrons. The van der Waals surface area contributed by atoms with Gasteiger partial charge in [0.1, 0.15) is 0 Å². The van der Waals surface area contributed by atoms with E-state index in [-0.39, 0.29) is 0 Å². The summed E-state index contributed by atoms with van der Waals surface area (Å²) in [7, 11) is 3.48. The van der Waals surface area contributed by atoms with Gasteiger partial charge >= 0.3 is 0 Å². The molecule has 0 aromatic heterocycles. The van der Waals surface area contributed by atoms with Gasteiger partial charge in [0.2, 0.25) is 0 Å². The van der Waals surface area contributed by atoms with Gasteiger partial charge in [-0.3, -0.25) is 10.9 Å². The molecular formula is C12H24N6S2. The zero-order valence-corrected chi connectivity index (χ0v) is 14.2. The summed E-state index contributed by atoms with van der Waals surface area (Å²) in [4.78, 5) is 0. The van der Waals surface area contributed by atoms with Gasteiger partial charge in [-0.2, -0.15) is 10.2 Å². The molecule has 0 aliphatic heterocycles. The summed E-state index contributed by atoms with van der Waals surface area (Å²) in [5.41, 5.74) is 7.19. The maximum absolute atomic E-state index is 5.00. The Bertz CT molecular complexity index is 378. The van der Waals surface area contributed by atoms with E-state index in [1.54, 1.807) is 14.1 Å². The summed E-state index contributed by atoms with van der Waals surface area (Å²) in [6, 6.07) is 0. The molecule has 0 saturated heterocycles. The maximum atomic E-state index is 5.00. The molecule has 0 spiro atoms. The molecule has 4 N–H and O–H groups in total. The number of hydrazone groups is 2. The first-order valence-electron chi connectivity index (χ1n) is 6.61. The molecule has 0 aliphatic rings. The SMILES string of the molecule is CCCCCC(=NNC(=S)NC)C(C)=NNC(=S)NC. The van der Waals surface area contributed by atoms with Crippen LogP contribution in [0.25, 0.3) is 0 Å². The summed E-state index contributed by atoms with van der Waals surface area (Å²) < 4.78 is 0. The molecule has 0 bridgehead atoms. The molecule has 6 nitrogen and oxygen atoms in total. The van der Waals surface area contributed by atoms with Crippen molar-refractivity contribution in [3.63, 3.8) is 0 Å². The van der Waals surface area contributed by atoms with E-state index in [4.69, 9.17) is 24.4 Å². The van der Waals surface area contributed by atoms with Crippen LogP contribution < -0.4 is 21.5 Å². The van der Waals surface area contributed by atoms with Gasteiger partial charge in [0, 0.05) is 14.1 Å². The zero-order valence-electron chi connectivity index (χ0n) is 12.5. The van der Waals surface area contributed by atoms with E-state index in [0.717, 1.165) is 37.1 Å². The van der Waals surface area contributed by atoms with Crippen molar-refractivity contribution in [1.82, 2.24) is 21.5 Å². The fraction of sp³-hybridized carbons (Fsp3) is 0.667. The standard InChI is InChI=1S/C12H24N6S2/c1-5-6-7-8-10(16-18-12(20)14-4)9(2)15-17-11(19)13-3/h5-8H2,1-4H3,(H2,13,17,19)(H2,14,18,20). The number of thiocarbonyl (C=S) groups is 2. The molecule has 20 heavy (non-hydrogen) atoms. The lowest BCUT2D eigenvalue weighted by atomic mass is 10.1. The minimum Gasteiger partial charge on any atom is -0.364 e. The van der Waals surface area contributed by atoms with Gasteiger partial charge in [0.15, 0.2) is 10.2 Å². The largest absolute Gasteiger partial charge is 0.364 e. The number of nitrogens with zero attached hydrogens (tertiary/aromatic N) is 2. The summed E-state index contributed by atoms with van der Waals surface area (Å²) in [5.74, 6) is 0. The van der Waals surface area contributed by atoms with E-state index in [1.807, 2.05) is 6.92 Å². The van der Waals surface area contributed by atoms with Crippen LogP contribution in [0.1, 0.15) is 39.5 Å². The van der Waals surface area contributed by atoms with Gasteiger partial charge in [0.05, 0.1) is 11.4 Å². The van der Waals surface area contributed by atoms with Crippen LogP contribution in [-0.4, -0.2) is 35.7 Å². The smallest absolute Gasteiger partial charge is 0.186 e. The van der Waals surface area contributed by atoms with E-state index in [9.17, 15) is 0 Å². The third kappa shape index (κ3) is 8.76. The third-order valence-corrected chi connectivity index (χ3v) is 3.10. The molecule has 0 fully saturated rings. The quantitative estimate of drug-likeness (QED) is 0.247. The molecule has 0 heterocycles. The van der Waals surface area contributed by atoms with Crippen molar-refractivity contribution < 1.29 is 0 Å². The minimum atomic E-state index is 0.468. The minimum absolute atomic E-state index is 0.468. The van der Waals surface area contributed by atoms with Crippen LogP contribution in [0.5, 0.6) is 0 Å². The Morgan fingerprint density at radius 2 is 1.50 bits per heavy atom. The predicted molar refractivity (Wildman–Crippen MR) is 94.3 cm³/mol. The maximum Gasteiger partial charge on any atom is 0.186 e. The van der Waals surface area contributed by atoms with Gasteiger partial charge < -0.3 is 10.6 Å². The van der Waals surface area contributed by atoms with Gasteiger partial charge in [-0.05, 0) is 44.2 Å². The van der Waals surface area contributed by atoms with Crippen LogP contribution in [0.2, 0.25) is 0 Å². The lowest BCUT2D eigenvalue weighted by Gasteiger charge is -2.09. The summed E-state index contributed by atoms with van der Waals surface area (Å²) in [5, 5.41) is 15.1. The second-order valence-electron chi connectivity index (χ2n) is 4.09. The van der Waals surface area contributed by atoms with Gasteiger partial charge in [0.25, 0.3) is 0 Å². The highest BCUT2D eigenvalue weighted by atomic mass is 32.1. The van der Waals surface area contributed by atoms with Crippen LogP contribution in [0, 0.1) is 0 Å². The van der Waals surface area contributed by atoms with Gasteiger partial charge in [-0.15, -0.1) is 0 Å². The molecule has 0 atom stereocenters. The van der Waals surface area contributed by atoms with Crippen molar-refractivity contribution in [3.8, 4) is 0 Å². The predicted octanol–water partition coefficient (Wildman–Crippen LogP) is 1.49. The Kier molecular flexibility index (Phi) is 10.8. The van der Waals surface area contributed by atoms with Crippen molar-refractivity contribution in [2.75, 3.05) is 14.1 Å². The molecule has 0 unspecified atom stereocenters. The van der Waals surface area contributed by atoms with Crippen molar-refractivity contribution >= 4 is 46.1 Å². The average Bonchev–Trinajstić information content (AvgIpc) is 2.47. The first-order chi connectivity index (χ1) is 9.54. The van der Waals surface area contributed by atoms with Crippen molar-refractivity contribution in [2.24, 2.45) is 10.2 Å². The van der Waals surface area contributed by atoms with Crippen molar-refractivity contribution in [3.05, 3.63) is 0 Å². The molecule has 0 aromatic rings. The first kappa shape index (κ1) is 18.7. The second-order valence-corrected chi connectivity index (χ2v) is 4.91. The Labute approximate surface area is 131 Å². The molecular weight excluding hydrogens is 292 g/mol. The fourth-order valence-electron chi connectivity index (χ4n) is 1.29. The Balaban J connectivity index is 4.71. The van der Waals surface area contributed by atoms with Crippen LogP contribution in [0.4, 0.5) is 0 Å². The Morgan fingerprint density at radius 3 is 2.00 bits per heavy atom. The van der Waals surface area contributed by atoms with Crippen LogP contribution in [-0.2, 0) is 0 Å². The lowest BCUT2D eigenvalue weighted by molar-refractivity contribution is 0.741. The number of hydrogen-bond donors (Lipinski definition) is 4. The third-order valence-electron chi connectivity index (χ3n) is 2.51. The van der Waals surface area contributed by atoms with Crippen LogP contribution in [0.3, 0.4) is 0 Å². The first-order valence-corrected chi connectivity index (χ1v) is 7.43. The Morgan fingerprint density at radius 1 is 0.950 bits per heavy atom. The normalized spacial score (nSPS) is 11.8. The molecule has 0 aliphatic carbocycles. The summed E-state index contributed by atoms with van der Waals surface area (Å²) in [6.07, 6.45) is 4.22. The van der Waals surface area contributed by atoms with E-state index in [0.29, 0.717) is 10.2 Å². The molecule has 0 amide bonds. The van der Waals surface area contributed by atoms with Crippen LogP contribution >= 0.6 is 24.4 Å². The topological polar surface area (TPSA) is 72.8 Å². The van der Waals surface area contributed by atoms with Gasteiger partial charge in [-0.1, -0.05) is 19.8 Å². The zero-order chi connectivity index (χ0) is 15.4.